The fourth-order valence-electron chi connectivity index (χ4n) is 2.18. The molecular weight excluding hydrogens is 224 g/mol. The van der Waals surface area contributed by atoms with Crippen molar-refractivity contribution in [1.82, 2.24) is 10.2 Å². The molecule has 0 rings (SSSR count). The van der Waals surface area contributed by atoms with Crippen LogP contribution in [0, 0.1) is 5.41 Å². The van der Waals surface area contributed by atoms with Crippen LogP contribution >= 0.6 is 0 Å². The lowest BCUT2D eigenvalue weighted by Gasteiger charge is -2.41. The molecule has 110 valence electrons. The van der Waals surface area contributed by atoms with Crippen LogP contribution in [-0.4, -0.2) is 48.3 Å². The molecule has 0 aromatic rings. The van der Waals surface area contributed by atoms with E-state index in [1.54, 1.807) is 0 Å². The zero-order chi connectivity index (χ0) is 14.4. The molecule has 3 heteroatoms. The van der Waals surface area contributed by atoms with E-state index in [0.717, 1.165) is 13.1 Å². The van der Waals surface area contributed by atoms with Gasteiger partial charge in [0.15, 0.2) is 0 Å². The molecule has 0 amide bonds. The predicted molar refractivity (Wildman–Crippen MR) is 79.9 cm³/mol. The van der Waals surface area contributed by atoms with Crippen molar-refractivity contribution in [3.63, 3.8) is 0 Å². The lowest BCUT2D eigenvalue weighted by molar-refractivity contribution is 0.0417. The molecule has 0 fully saturated rings. The fourth-order valence-corrected chi connectivity index (χ4v) is 2.18. The molecule has 18 heavy (non-hydrogen) atoms. The van der Waals surface area contributed by atoms with E-state index in [-0.39, 0.29) is 17.6 Å². The second kappa shape index (κ2) is 7.46. The Morgan fingerprint density at radius 3 is 2.17 bits per heavy atom. The molecule has 0 aromatic carbocycles. The monoisotopic (exact) mass is 258 g/mol. The third kappa shape index (κ3) is 6.17. The number of nitrogens with zero attached hydrogens (tertiary/aromatic N) is 1. The van der Waals surface area contributed by atoms with Crippen LogP contribution in [0.25, 0.3) is 0 Å². The number of aliphatic hydroxyl groups is 1. The molecule has 0 saturated carbocycles. The molecule has 0 bridgehead atoms. The number of aliphatic hydroxyl groups excluding tert-OH is 1. The molecule has 0 aromatic heterocycles. The first kappa shape index (κ1) is 17.9. The number of rotatable bonds is 9. The van der Waals surface area contributed by atoms with Gasteiger partial charge in [-0.15, -0.1) is 0 Å². The van der Waals surface area contributed by atoms with Crippen LogP contribution in [0.2, 0.25) is 0 Å². The Balaban J connectivity index is 4.59. The Morgan fingerprint density at radius 1 is 1.22 bits per heavy atom. The summed E-state index contributed by atoms with van der Waals surface area (Å²) in [5.41, 5.74) is 0.118. The predicted octanol–water partition coefficient (Wildman–Crippen LogP) is 2.49. The molecule has 0 aliphatic rings. The van der Waals surface area contributed by atoms with Crippen LogP contribution in [0.5, 0.6) is 0 Å². The highest BCUT2D eigenvalue weighted by atomic mass is 16.3. The standard InChI is InChI=1S/C15H34N2O/c1-8-9-15(6,10-16-13(2)3)11-17(7)14(4,5)12-18/h13,16,18H,8-12H2,1-7H3. The summed E-state index contributed by atoms with van der Waals surface area (Å²) in [6.07, 6.45) is 2.40. The number of hydrogen-bond donors (Lipinski definition) is 2. The summed E-state index contributed by atoms with van der Waals surface area (Å²) in [6, 6.07) is 0.525. The summed E-state index contributed by atoms with van der Waals surface area (Å²) in [7, 11) is 2.11. The Morgan fingerprint density at radius 2 is 1.78 bits per heavy atom. The largest absolute Gasteiger partial charge is 0.394 e. The number of likely N-dealkylation sites (N-methyl/N-ethyl adjacent to an activating group) is 1. The van der Waals surface area contributed by atoms with Gasteiger partial charge >= 0.3 is 0 Å². The molecule has 0 heterocycles. The maximum atomic E-state index is 9.45. The third-order valence-electron chi connectivity index (χ3n) is 3.83. The molecular formula is C15H34N2O. The molecule has 1 unspecified atom stereocenters. The Labute approximate surface area is 114 Å². The highest BCUT2D eigenvalue weighted by Gasteiger charge is 2.31. The van der Waals surface area contributed by atoms with Gasteiger partial charge in [0.2, 0.25) is 0 Å². The first-order valence-electron chi connectivity index (χ1n) is 7.22. The lowest BCUT2D eigenvalue weighted by atomic mass is 9.83. The van der Waals surface area contributed by atoms with E-state index >= 15 is 0 Å². The minimum absolute atomic E-state index is 0.146. The molecule has 0 aliphatic heterocycles. The van der Waals surface area contributed by atoms with Gasteiger partial charge in [0.25, 0.3) is 0 Å². The van der Waals surface area contributed by atoms with Gasteiger partial charge in [0, 0.05) is 24.7 Å². The third-order valence-corrected chi connectivity index (χ3v) is 3.83. The van der Waals surface area contributed by atoms with Crippen molar-refractivity contribution >= 4 is 0 Å². The van der Waals surface area contributed by atoms with Gasteiger partial charge in [-0.1, -0.05) is 34.1 Å². The zero-order valence-corrected chi connectivity index (χ0v) is 13.5. The van der Waals surface area contributed by atoms with Crippen LogP contribution in [0.4, 0.5) is 0 Å². The van der Waals surface area contributed by atoms with Gasteiger partial charge in [-0.2, -0.15) is 0 Å². The van der Waals surface area contributed by atoms with Crippen LogP contribution in [-0.2, 0) is 0 Å². The van der Waals surface area contributed by atoms with Crippen LogP contribution in [0.1, 0.15) is 54.4 Å². The summed E-state index contributed by atoms with van der Waals surface area (Å²) in [6.45, 7) is 15.4. The van der Waals surface area contributed by atoms with Crippen molar-refractivity contribution in [1.29, 1.82) is 0 Å². The first-order valence-corrected chi connectivity index (χ1v) is 7.22. The van der Waals surface area contributed by atoms with Crippen LogP contribution < -0.4 is 5.32 Å². The average Bonchev–Trinajstić information content (AvgIpc) is 2.26. The summed E-state index contributed by atoms with van der Waals surface area (Å²) in [5.74, 6) is 0. The van der Waals surface area contributed by atoms with Crippen molar-refractivity contribution in [3.8, 4) is 0 Å². The minimum atomic E-state index is -0.146. The molecule has 0 aliphatic carbocycles. The maximum absolute atomic E-state index is 9.45. The molecule has 3 nitrogen and oxygen atoms in total. The minimum Gasteiger partial charge on any atom is -0.394 e. The fraction of sp³-hybridized carbons (Fsp3) is 1.00. The van der Waals surface area contributed by atoms with Crippen molar-refractivity contribution in [2.75, 3.05) is 26.7 Å². The first-order chi connectivity index (χ1) is 8.17. The topological polar surface area (TPSA) is 35.5 Å². The Kier molecular flexibility index (Phi) is 7.41. The average molecular weight is 258 g/mol. The summed E-state index contributed by atoms with van der Waals surface area (Å²) < 4.78 is 0. The SMILES string of the molecule is CCCC(C)(CNC(C)C)CN(C)C(C)(C)CO. The van der Waals surface area contributed by atoms with Crippen molar-refractivity contribution in [3.05, 3.63) is 0 Å². The van der Waals surface area contributed by atoms with Crippen LogP contribution in [0.3, 0.4) is 0 Å². The van der Waals surface area contributed by atoms with E-state index in [1.165, 1.54) is 12.8 Å². The van der Waals surface area contributed by atoms with Gasteiger partial charge < -0.3 is 10.4 Å². The van der Waals surface area contributed by atoms with Crippen molar-refractivity contribution < 1.29 is 5.11 Å². The van der Waals surface area contributed by atoms with Gasteiger partial charge in [-0.3, -0.25) is 4.90 Å². The van der Waals surface area contributed by atoms with Gasteiger partial charge in [0.05, 0.1) is 6.61 Å². The second-order valence-corrected chi connectivity index (χ2v) is 6.92. The highest BCUT2D eigenvalue weighted by molar-refractivity contribution is 4.86. The summed E-state index contributed by atoms with van der Waals surface area (Å²) in [4.78, 5) is 2.28. The quantitative estimate of drug-likeness (QED) is 0.667. The summed E-state index contributed by atoms with van der Waals surface area (Å²) in [5, 5.41) is 13.0. The Hall–Kier alpha value is -0.120. The maximum Gasteiger partial charge on any atom is 0.0609 e. The smallest absolute Gasteiger partial charge is 0.0609 e. The molecule has 2 N–H and O–H groups in total. The molecule has 0 saturated heterocycles. The van der Waals surface area contributed by atoms with Gasteiger partial charge in [-0.05, 0) is 32.7 Å². The van der Waals surface area contributed by atoms with E-state index < -0.39 is 0 Å². The van der Waals surface area contributed by atoms with Crippen molar-refractivity contribution in [2.45, 2.75) is 66.0 Å². The van der Waals surface area contributed by atoms with E-state index in [2.05, 4.69) is 58.8 Å². The van der Waals surface area contributed by atoms with E-state index in [4.69, 9.17) is 0 Å². The Bertz CT molecular complexity index is 229. The summed E-state index contributed by atoms with van der Waals surface area (Å²) >= 11 is 0. The van der Waals surface area contributed by atoms with Crippen LogP contribution in [0.15, 0.2) is 0 Å². The zero-order valence-electron chi connectivity index (χ0n) is 13.5. The lowest BCUT2D eigenvalue weighted by Crippen LogP contribution is -2.51. The molecule has 0 spiro atoms. The van der Waals surface area contributed by atoms with Crippen molar-refractivity contribution in [2.24, 2.45) is 5.41 Å². The molecule has 1 atom stereocenters. The number of hydrogen-bond acceptors (Lipinski definition) is 3. The molecule has 0 radical (unpaired) electrons. The van der Waals surface area contributed by atoms with E-state index in [0.29, 0.717) is 6.04 Å². The number of nitrogens with one attached hydrogen (secondary N) is 1. The van der Waals surface area contributed by atoms with E-state index in [1.807, 2.05) is 0 Å². The van der Waals surface area contributed by atoms with E-state index in [9.17, 15) is 5.11 Å². The van der Waals surface area contributed by atoms with Gasteiger partial charge in [0.1, 0.15) is 0 Å². The normalized spacial score (nSPS) is 16.3. The highest BCUT2D eigenvalue weighted by Crippen LogP contribution is 2.26. The second-order valence-electron chi connectivity index (χ2n) is 6.92. The van der Waals surface area contributed by atoms with Gasteiger partial charge in [-0.25, -0.2) is 0 Å².